The van der Waals surface area contributed by atoms with Crippen LogP contribution < -0.4 is 19.7 Å². The van der Waals surface area contributed by atoms with Gasteiger partial charge >= 0.3 is 0 Å². The van der Waals surface area contributed by atoms with Crippen LogP contribution in [0.5, 0.6) is 11.5 Å². The monoisotopic (exact) mass is 370 g/mol. The molecule has 0 heterocycles. The van der Waals surface area contributed by atoms with Gasteiger partial charge in [-0.3, -0.25) is 9.59 Å². The zero-order valence-electron chi connectivity index (χ0n) is 16.5. The number of rotatable bonds is 7. The number of ether oxygens (including phenoxy) is 2. The second-order valence-corrected chi connectivity index (χ2v) is 6.16. The van der Waals surface area contributed by atoms with Crippen molar-refractivity contribution in [3.05, 3.63) is 47.5 Å². The van der Waals surface area contributed by atoms with E-state index >= 15 is 0 Å². The van der Waals surface area contributed by atoms with Gasteiger partial charge in [0.2, 0.25) is 11.8 Å². The normalized spacial score (nSPS) is 10.3. The molecule has 0 aliphatic carbocycles. The van der Waals surface area contributed by atoms with Crippen LogP contribution in [0.1, 0.15) is 25.0 Å². The molecular formula is C21H26N2O4. The number of nitrogens with one attached hydrogen (secondary N) is 1. The lowest BCUT2D eigenvalue weighted by Crippen LogP contribution is -2.37. The van der Waals surface area contributed by atoms with Crippen LogP contribution in [-0.2, 0) is 16.0 Å². The summed E-state index contributed by atoms with van der Waals surface area (Å²) in [7, 11) is 3.08. The maximum absolute atomic E-state index is 12.6. The van der Waals surface area contributed by atoms with Gasteiger partial charge in [-0.1, -0.05) is 25.1 Å². The third-order valence-electron chi connectivity index (χ3n) is 4.34. The van der Waals surface area contributed by atoms with E-state index in [4.69, 9.17) is 9.47 Å². The molecule has 27 heavy (non-hydrogen) atoms. The highest BCUT2D eigenvalue weighted by molar-refractivity contribution is 6.03. The van der Waals surface area contributed by atoms with E-state index < -0.39 is 0 Å². The van der Waals surface area contributed by atoms with Crippen molar-refractivity contribution in [2.24, 2.45) is 0 Å². The molecule has 0 aromatic heterocycles. The number of aryl methyl sites for hydroxylation is 2. The van der Waals surface area contributed by atoms with Gasteiger partial charge in [0.25, 0.3) is 0 Å². The second-order valence-electron chi connectivity index (χ2n) is 6.16. The van der Waals surface area contributed by atoms with E-state index in [1.54, 1.807) is 25.3 Å². The summed E-state index contributed by atoms with van der Waals surface area (Å²) in [5.74, 6) is 0.625. The third-order valence-corrected chi connectivity index (χ3v) is 4.34. The maximum Gasteiger partial charge on any atom is 0.244 e. The first kappa shape index (κ1) is 20.3. The molecule has 0 bridgehead atoms. The summed E-state index contributed by atoms with van der Waals surface area (Å²) >= 11 is 0. The summed E-state index contributed by atoms with van der Waals surface area (Å²) in [6, 6.07) is 11.0. The third kappa shape index (κ3) is 4.78. The highest BCUT2D eigenvalue weighted by Gasteiger charge is 2.21. The van der Waals surface area contributed by atoms with Gasteiger partial charge in [-0.15, -0.1) is 0 Å². The molecule has 2 aromatic rings. The Labute approximate surface area is 160 Å². The lowest BCUT2D eigenvalue weighted by molar-refractivity contribution is -0.120. The molecule has 0 aliphatic rings. The summed E-state index contributed by atoms with van der Waals surface area (Å²) in [5, 5.41) is 2.81. The van der Waals surface area contributed by atoms with Gasteiger partial charge in [-0.2, -0.15) is 0 Å². The van der Waals surface area contributed by atoms with Crippen molar-refractivity contribution in [3.8, 4) is 11.5 Å². The summed E-state index contributed by atoms with van der Waals surface area (Å²) in [4.78, 5) is 26.4. The molecule has 6 heteroatoms. The molecule has 0 saturated heterocycles. The predicted octanol–water partition coefficient (Wildman–Crippen LogP) is 3.57. The molecule has 0 radical (unpaired) electrons. The number of hydrogen-bond acceptors (Lipinski definition) is 4. The summed E-state index contributed by atoms with van der Waals surface area (Å²) in [6.45, 7) is 5.35. The fourth-order valence-electron chi connectivity index (χ4n) is 2.97. The fraction of sp³-hybridized carbons (Fsp3) is 0.333. The molecule has 0 spiro atoms. The van der Waals surface area contributed by atoms with Gasteiger partial charge in [-0.25, -0.2) is 0 Å². The number of amides is 2. The van der Waals surface area contributed by atoms with Crippen LogP contribution >= 0.6 is 0 Å². The van der Waals surface area contributed by atoms with Gasteiger partial charge in [0.05, 0.1) is 25.6 Å². The van der Waals surface area contributed by atoms with Crippen LogP contribution in [-0.4, -0.2) is 32.6 Å². The van der Waals surface area contributed by atoms with Crippen molar-refractivity contribution in [2.45, 2.75) is 27.2 Å². The number of carbonyl (C=O) groups is 2. The zero-order chi connectivity index (χ0) is 20.0. The first-order valence-corrected chi connectivity index (χ1v) is 8.79. The summed E-state index contributed by atoms with van der Waals surface area (Å²) in [6.07, 6.45) is 0.773. The Morgan fingerprint density at radius 1 is 1.11 bits per heavy atom. The molecule has 0 saturated carbocycles. The number of nitrogens with zero attached hydrogens (tertiary/aromatic N) is 1. The van der Waals surface area contributed by atoms with E-state index in [1.807, 2.05) is 32.0 Å². The smallest absolute Gasteiger partial charge is 0.244 e. The van der Waals surface area contributed by atoms with E-state index in [9.17, 15) is 9.59 Å². The molecule has 0 unspecified atom stereocenters. The second kappa shape index (κ2) is 9.07. The number of benzene rings is 2. The fourth-order valence-corrected chi connectivity index (χ4v) is 2.97. The van der Waals surface area contributed by atoms with E-state index in [0.29, 0.717) is 17.2 Å². The van der Waals surface area contributed by atoms with E-state index in [2.05, 4.69) is 5.32 Å². The van der Waals surface area contributed by atoms with E-state index in [1.165, 1.54) is 18.9 Å². The van der Waals surface area contributed by atoms with Crippen LogP contribution in [0.4, 0.5) is 11.4 Å². The summed E-state index contributed by atoms with van der Waals surface area (Å²) < 4.78 is 10.5. The molecule has 2 amide bonds. The Bertz CT molecular complexity index is 833. The SMILES string of the molecule is CCc1cccc(C)c1N(CC(=O)Nc1ccc(OC)cc1OC)C(C)=O. The van der Waals surface area contributed by atoms with Crippen LogP contribution in [0.25, 0.3) is 0 Å². The van der Waals surface area contributed by atoms with E-state index in [-0.39, 0.29) is 18.4 Å². The van der Waals surface area contributed by atoms with Gasteiger partial charge < -0.3 is 19.7 Å². The molecule has 144 valence electrons. The quantitative estimate of drug-likeness (QED) is 0.809. The average Bonchev–Trinajstić information content (AvgIpc) is 2.66. The maximum atomic E-state index is 12.6. The lowest BCUT2D eigenvalue weighted by atomic mass is 10.0. The van der Waals surface area contributed by atoms with Crippen molar-refractivity contribution in [2.75, 3.05) is 31.0 Å². The van der Waals surface area contributed by atoms with Crippen molar-refractivity contribution in [1.82, 2.24) is 0 Å². The topological polar surface area (TPSA) is 67.9 Å². The highest BCUT2D eigenvalue weighted by Crippen LogP contribution is 2.30. The minimum absolute atomic E-state index is 0.0810. The molecule has 0 atom stereocenters. The first-order valence-electron chi connectivity index (χ1n) is 8.79. The number of anilines is 2. The average molecular weight is 370 g/mol. The Kier molecular flexibility index (Phi) is 6.82. The Hall–Kier alpha value is -3.02. The van der Waals surface area contributed by atoms with E-state index in [0.717, 1.165) is 23.2 Å². The van der Waals surface area contributed by atoms with Crippen molar-refractivity contribution in [1.29, 1.82) is 0 Å². The molecule has 2 aromatic carbocycles. The van der Waals surface area contributed by atoms with Crippen LogP contribution in [0.2, 0.25) is 0 Å². The lowest BCUT2D eigenvalue weighted by Gasteiger charge is -2.25. The number of carbonyl (C=O) groups excluding carboxylic acids is 2. The van der Waals surface area contributed by atoms with Crippen LogP contribution in [0, 0.1) is 6.92 Å². The van der Waals surface area contributed by atoms with Gasteiger partial charge in [-0.05, 0) is 36.6 Å². The number of methoxy groups -OCH3 is 2. The molecule has 0 aliphatic heterocycles. The molecule has 2 rings (SSSR count). The van der Waals surface area contributed by atoms with Crippen molar-refractivity contribution < 1.29 is 19.1 Å². The number of hydrogen-bond donors (Lipinski definition) is 1. The molecule has 1 N–H and O–H groups in total. The highest BCUT2D eigenvalue weighted by atomic mass is 16.5. The van der Waals surface area contributed by atoms with Crippen molar-refractivity contribution >= 4 is 23.2 Å². The predicted molar refractivity (Wildman–Crippen MR) is 107 cm³/mol. The van der Waals surface area contributed by atoms with Gasteiger partial charge in [0, 0.05) is 13.0 Å². The Morgan fingerprint density at radius 2 is 1.85 bits per heavy atom. The zero-order valence-corrected chi connectivity index (χ0v) is 16.5. The Morgan fingerprint density at radius 3 is 2.44 bits per heavy atom. The molecular weight excluding hydrogens is 344 g/mol. The van der Waals surface area contributed by atoms with Gasteiger partial charge in [0.1, 0.15) is 18.0 Å². The Balaban J connectivity index is 2.26. The molecule has 0 fully saturated rings. The van der Waals surface area contributed by atoms with Crippen molar-refractivity contribution in [3.63, 3.8) is 0 Å². The number of para-hydroxylation sites is 1. The first-order chi connectivity index (χ1) is 12.9. The van der Waals surface area contributed by atoms with Crippen LogP contribution in [0.3, 0.4) is 0 Å². The standard InChI is InChI=1S/C21H26N2O4/c1-6-16-9-7-8-14(2)21(16)23(15(3)24)13-20(25)22-18-11-10-17(26-4)12-19(18)27-5/h7-12H,6,13H2,1-5H3,(H,22,25). The summed E-state index contributed by atoms with van der Waals surface area (Å²) in [5.41, 5.74) is 3.30. The van der Waals surface area contributed by atoms with Gasteiger partial charge in [0.15, 0.2) is 0 Å². The minimum Gasteiger partial charge on any atom is -0.497 e. The van der Waals surface area contributed by atoms with Crippen LogP contribution in [0.15, 0.2) is 36.4 Å². The minimum atomic E-state index is -0.307. The molecule has 6 nitrogen and oxygen atoms in total. The largest absolute Gasteiger partial charge is 0.497 e.